The zero-order valence-corrected chi connectivity index (χ0v) is 15.0. The van der Waals surface area contributed by atoms with Crippen LogP contribution in [0.4, 0.5) is 5.82 Å². The number of nitrogens with two attached hydrogens (primary N) is 1. The molecule has 7 heteroatoms. The predicted octanol–water partition coefficient (Wildman–Crippen LogP) is 1.72. The molecule has 1 atom stereocenters. The number of nitrogens with zero attached hydrogens (tertiary/aromatic N) is 3. The number of carbonyl (C=O) groups excluding carboxylic acids is 1. The largest absolute Gasteiger partial charge is 0.465 e. The molecule has 1 aliphatic heterocycles. The third-order valence-electron chi connectivity index (χ3n) is 4.70. The normalized spacial score (nSPS) is 17.2. The van der Waals surface area contributed by atoms with Gasteiger partial charge >= 0.3 is 0 Å². The number of nitrogens with one attached hydrogen (secondary N) is 1. The van der Waals surface area contributed by atoms with E-state index in [0.29, 0.717) is 12.6 Å². The molecule has 1 aliphatic rings. The second-order valence-electron chi connectivity index (χ2n) is 6.48. The highest BCUT2D eigenvalue weighted by atomic mass is 16.3. The molecule has 0 spiro atoms. The molecule has 2 aromatic rings. The van der Waals surface area contributed by atoms with Gasteiger partial charge in [0.05, 0.1) is 6.54 Å². The van der Waals surface area contributed by atoms with Crippen molar-refractivity contribution in [3.05, 3.63) is 40.7 Å². The Hall–Kier alpha value is -2.41. The lowest BCUT2D eigenvalue weighted by atomic mass is 10.2. The highest BCUT2D eigenvalue weighted by molar-refractivity contribution is 5.89. The fourth-order valence-electron chi connectivity index (χ4n) is 3.10. The molecule has 0 unspecified atom stereocenters. The van der Waals surface area contributed by atoms with E-state index in [1.54, 1.807) is 0 Å². The van der Waals surface area contributed by atoms with Crippen LogP contribution in [0.2, 0.25) is 0 Å². The summed E-state index contributed by atoms with van der Waals surface area (Å²) in [5.41, 5.74) is 7.13. The van der Waals surface area contributed by atoms with Crippen molar-refractivity contribution in [3.63, 3.8) is 0 Å². The Kier molecular flexibility index (Phi) is 5.03. The lowest BCUT2D eigenvalue weighted by molar-refractivity contribution is 0.0990. The quantitative estimate of drug-likeness (QED) is 0.829. The van der Waals surface area contributed by atoms with Gasteiger partial charge < -0.3 is 20.4 Å². The summed E-state index contributed by atoms with van der Waals surface area (Å²) in [6, 6.07) is 4.40. The van der Waals surface area contributed by atoms with Crippen molar-refractivity contribution in [1.29, 1.82) is 0 Å². The van der Waals surface area contributed by atoms with Crippen molar-refractivity contribution < 1.29 is 9.21 Å². The van der Waals surface area contributed by atoms with Crippen LogP contribution in [0.15, 0.2) is 16.5 Å². The van der Waals surface area contributed by atoms with Crippen LogP contribution in [0.1, 0.15) is 46.7 Å². The first-order valence-electron chi connectivity index (χ1n) is 8.69. The second-order valence-corrected chi connectivity index (χ2v) is 6.48. The van der Waals surface area contributed by atoms with Crippen molar-refractivity contribution in [2.24, 2.45) is 5.73 Å². The molecule has 0 aliphatic carbocycles. The van der Waals surface area contributed by atoms with E-state index in [1.807, 2.05) is 26.0 Å². The monoisotopic (exact) mass is 343 g/mol. The third kappa shape index (κ3) is 3.82. The maximum atomic E-state index is 11.4. The Morgan fingerprint density at radius 1 is 1.36 bits per heavy atom. The minimum absolute atomic E-state index is 0.0807. The van der Waals surface area contributed by atoms with Gasteiger partial charge in [-0.05, 0) is 32.4 Å². The van der Waals surface area contributed by atoms with Crippen LogP contribution in [-0.4, -0.2) is 35.0 Å². The van der Waals surface area contributed by atoms with Crippen LogP contribution in [0, 0.1) is 13.8 Å². The summed E-state index contributed by atoms with van der Waals surface area (Å²) >= 11 is 0. The number of carbonyl (C=O) groups is 1. The smallest absolute Gasteiger partial charge is 0.286 e. The van der Waals surface area contributed by atoms with Gasteiger partial charge in [-0.15, -0.1) is 0 Å². The SMILES string of the molecule is CCc1ccc(CN[C@@H]2CCN(c3nc(C(N)=O)nc(C)c3C)C2)o1. The first-order valence-corrected chi connectivity index (χ1v) is 8.69. The van der Waals surface area contributed by atoms with Crippen LogP contribution in [-0.2, 0) is 13.0 Å². The third-order valence-corrected chi connectivity index (χ3v) is 4.70. The number of hydrogen-bond acceptors (Lipinski definition) is 6. The molecule has 3 heterocycles. The molecule has 0 bridgehead atoms. The van der Waals surface area contributed by atoms with Gasteiger partial charge in [0.25, 0.3) is 5.91 Å². The van der Waals surface area contributed by atoms with Crippen molar-refractivity contribution in [2.45, 2.75) is 46.2 Å². The number of amides is 1. The molecule has 7 nitrogen and oxygen atoms in total. The second kappa shape index (κ2) is 7.23. The highest BCUT2D eigenvalue weighted by Crippen LogP contribution is 2.24. The summed E-state index contributed by atoms with van der Waals surface area (Å²) in [7, 11) is 0. The number of aryl methyl sites for hydroxylation is 2. The molecule has 1 fully saturated rings. The Labute approximate surface area is 147 Å². The molecule has 0 radical (unpaired) electrons. The molecule has 134 valence electrons. The molecular formula is C18H25N5O2. The minimum atomic E-state index is -0.595. The summed E-state index contributed by atoms with van der Waals surface area (Å²) in [4.78, 5) is 22.2. The van der Waals surface area contributed by atoms with E-state index in [2.05, 4.69) is 27.1 Å². The Morgan fingerprint density at radius 2 is 2.12 bits per heavy atom. The topological polar surface area (TPSA) is 97.3 Å². The number of hydrogen-bond donors (Lipinski definition) is 2. The summed E-state index contributed by atoms with van der Waals surface area (Å²) in [5.74, 6) is 2.26. The molecular weight excluding hydrogens is 318 g/mol. The molecule has 0 aromatic carbocycles. The summed E-state index contributed by atoms with van der Waals surface area (Å²) in [6.07, 6.45) is 1.92. The molecule has 25 heavy (non-hydrogen) atoms. The number of aromatic nitrogens is 2. The van der Waals surface area contributed by atoms with Gasteiger partial charge in [-0.3, -0.25) is 4.79 Å². The van der Waals surface area contributed by atoms with E-state index in [0.717, 1.165) is 54.5 Å². The zero-order valence-electron chi connectivity index (χ0n) is 15.0. The van der Waals surface area contributed by atoms with E-state index in [1.165, 1.54) is 0 Å². The van der Waals surface area contributed by atoms with Gasteiger partial charge in [-0.1, -0.05) is 6.92 Å². The lowest BCUT2D eigenvalue weighted by Gasteiger charge is -2.21. The summed E-state index contributed by atoms with van der Waals surface area (Å²) in [6.45, 7) is 8.36. The fraction of sp³-hybridized carbons (Fsp3) is 0.500. The summed E-state index contributed by atoms with van der Waals surface area (Å²) < 4.78 is 5.73. The van der Waals surface area contributed by atoms with Crippen molar-refractivity contribution >= 4 is 11.7 Å². The Bertz CT molecular complexity index is 771. The van der Waals surface area contributed by atoms with Crippen LogP contribution >= 0.6 is 0 Å². The van der Waals surface area contributed by atoms with Gasteiger partial charge in [-0.25, -0.2) is 9.97 Å². The van der Waals surface area contributed by atoms with Gasteiger partial charge in [0.1, 0.15) is 17.3 Å². The molecule has 1 amide bonds. The van der Waals surface area contributed by atoms with E-state index in [9.17, 15) is 4.79 Å². The average molecular weight is 343 g/mol. The van der Waals surface area contributed by atoms with Crippen molar-refractivity contribution in [1.82, 2.24) is 15.3 Å². The van der Waals surface area contributed by atoms with E-state index >= 15 is 0 Å². The van der Waals surface area contributed by atoms with Gasteiger partial charge in [0, 0.05) is 36.8 Å². The average Bonchev–Trinajstić information content (AvgIpc) is 3.24. The highest BCUT2D eigenvalue weighted by Gasteiger charge is 2.26. The standard InChI is InChI=1S/C18H25N5O2/c1-4-14-5-6-15(25-14)9-20-13-7-8-23(10-13)18-11(2)12(3)21-17(22-18)16(19)24/h5-6,13,20H,4,7-10H2,1-3H3,(H2,19,24)/t13-/m1/s1. The molecule has 1 saturated heterocycles. The van der Waals surface area contributed by atoms with Gasteiger partial charge in [0.2, 0.25) is 5.82 Å². The number of furan rings is 1. The first-order chi connectivity index (χ1) is 12.0. The van der Waals surface area contributed by atoms with E-state index in [4.69, 9.17) is 10.2 Å². The Morgan fingerprint density at radius 3 is 2.80 bits per heavy atom. The van der Waals surface area contributed by atoms with Crippen LogP contribution < -0.4 is 16.0 Å². The van der Waals surface area contributed by atoms with Crippen LogP contribution in [0.25, 0.3) is 0 Å². The molecule has 3 N–H and O–H groups in total. The van der Waals surface area contributed by atoms with Crippen molar-refractivity contribution in [2.75, 3.05) is 18.0 Å². The fourth-order valence-corrected chi connectivity index (χ4v) is 3.10. The van der Waals surface area contributed by atoms with Crippen LogP contribution in [0.5, 0.6) is 0 Å². The van der Waals surface area contributed by atoms with Crippen molar-refractivity contribution in [3.8, 4) is 0 Å². The lowest BCUT2D eigenvalue weighted by Crippen LogP contribution is -2.33. The Balaban J connectivity index is 1.65. The number of rotatable bonds is 6. The maximum absolute atomic E-state index is 11.4. The van der Waals surface area contributed by atoms with Gasteiger partial charge in [-0.2, -0.15) is 0 Å². The minimum Gasteiger partial charge on any atom is -0.465 e. The maximum Gasteiger partial charge on any atom is 0.286 e. The summed E-state index contributed by atoms with van der Waals surface area (Å²) in [5, 5.41) is 3.54. The number of anilines is 1. The van der Waals surface area contributed by atoms with E-state index < -0.39 is 5.91 Å². The molecule has 0 saturated carbocycles. The van der Waals surface area contributed by atoms with Gasteiger partial charge in [0.15, 0.2) is 0 Å². The van der Waals surface area contributed by atoms with Crippen LogP contribution in [0.3, 0.4) is 0 Å². The molecule has 3 rings (SSSR count). The molecule has 2 aromatic heterocycles. The number of primary amides is 1. The zero-order chi connectivity index (χ0) is 18.0. The first kappa shape index (κ1) is 17.4. The predicted molar refractivity (Wildman–Crippen MR) is 95.6 cm³/mol. The van der Waals surface area contributed by atoms with E-state index in [-0.39, 0.29) is 5.82 Å².